The zero-order valence-corrected chi connectivity index (χ0v) is 12.5. The normalized spacial score (nSPS) is 14.2. The molecule has 5 nitrogen and oxygen atoms in total. The predicted molar refractivity (Wildman–Crippen MR) is 84.3 cm³/mol. The lowest BCUT2D eigenvalue weighted by Gasteiger charge is -2.38. The van der Waals surface area contributed by atoms with Gasteiger partial charge >= 0.3 is 12.1 Å². The Balaban J connectivity index is 1.51. The van der Waals surface area contributed by atoms with E-state index in [0.717, 1.165) is 11.1 Å². The summed E-state index contributed by atoms with van der Waals surface area (Å²) in [5, 5.41) is 9.02. The minimum Gasteiger partial charge on any atom is -0.478 e. The number of likely N-dealkylation sites (tertiary alicyclic amines) is 1. The predicted octanol–water partition coefficient (Wildman–Crippen LogP) is 3.12. The van der Waals surface area contributed by atoms with Gasteiger partial charge in [-0.1, -0.05) is 42.5 Å². The monoisotopic (exact) mass is 311 g/mol. The van der Waals surface area contributed by atoms with Crippen molar-refractivity contribution >= 4 is 12.1 Å². The van der Waals surface area contributed by atoms with Crippen LogP contribution < -0.4 is 0 Å². The Morgan fingerprint density at radius 3 is 2.52 bits per heavy atom. The van der Waals surface area contributed by atoms with Crippen LogP contribution in [0.5, 0.6) is 0 Å². The zero-order chi connectivity index (χ0) is 16.2. The van der Waals surface area contributed by atoms with Crippen molar-refractivity contribution in [2.45, 2.75) is 12.5 Å². The molecule has 2 aromatic rings. The summed E-state index contributed by atoms with van der Waals surface area (Å²) >= 11 is 0. The molecule has 1 fully saturated rings. The van der Waals surface area contributed by atoms with Crippen LogP contribution in [0.2, 0.25) is 0 Å². The average Bonchev–Trinajstić information content (AvgIpc) is 2.53. The number of rotatable bonds is 4. The standard InChI is InChI=1S/C18H17NO4/c20-17(21)15-8-4-7-14(9-15)16-10-19(11-16)18(22)23-12-13-5-2-1-3-6-13/h1-9,16H,10-12H2,(H,20,21). The van der Waals surface area contributed by atoms with E-state index in [1.165, 1.54) is 0 Å². The van der Waals surface area contributed by atoms with Crippen molar-refractivity contribution in [1.82, 2.24) is 4.90 Å². The van der Waals surface area contributed by atoms with Crippen molar-refractivity contribution in [3.05, 3.63) is 71.3 Å². The second kappa shape index (κ2) is 6.52. The van der Waals surface area contributed by atoms with E-state index < -0.39 is 5.97 Å². The van der Waals surface area contributed by atoms with E-state index in [9.17, 15) is 9.59 Å². The molecule has 0 aromatic heterocycles. The maximum atomic E-state index is 12.0. The molecule has 0 unspecified atom stereocenters. The minimum atomic E-state index is -0.940. The molecule has 1 aliphatic heterocycles. The summed E-state index contributed by atoms with van der Waals surface area (Å²) in [5.74, 6) is -0.774. The number of carbonyl (C=O) groups excluding carboxylic acids is 1. The highest BCUT2D eigenvalue weighted by Crippen LogP contribution is 2.28. The molecule has 0 aliphatic carbocycles. The van der Waals surface area contributed by atoms with Crippen molar-refractivity contribution in [3.63, 3.8) is 0 Å². The molecule has 2 aromatic carbocycles. The first-order valence-corrected chi connectivity index (χ1v) is 7.42. The number of amides is 1. The van der Waals surface area contributed by atoms with Crippen molar-refractivity contribution in [3.8, 4) is 0 Å². The van der Waals surface area contributed by atoms with Gasteiger partial charge in [-0.05, 0) is 23.3 Å². The highest BCUT2D eigenvalue weighted by atomic mass is 16.6. The molecule has 0 atom stereocenters. The number of hydrogen-bond acceptors (Lipinski definition) is 3. The molecule has 1 saturated heterocycles. The lowest BCUT2D eigenvalue weighted by Crippen LogP contribution is -2.48. The van der Waals surface area contributed by atoms with E-state index in [4.69, 9.17) is 9.84 Å². The largest absolute Gasteiger partial charge is 0.478 e. The minimum absolute atomic E-state index is 0.165. The molecule has 0 saturated carbocycles. The summed E-state index contributed by atoms with van der Waals surface area (Å²) in [7, 11) is 0. The number of aromatic carboxylic acids is 1. The number of ether oxygens (including phenoxy) is 1. The molecule has 1 heterocycles. The quantitative estimate of drug-likeness (QED) is 0.942. The molecule has 0 spiro atoms. The summed E-state index contributed by atoms with van der Waals surface area (Å²) in [5.41, 5.74) is 2.16. The average molecular weight is 311 g/mol. The van der Waals surface area contributed by atoms with Gasteiger partial charge in [-0.2, -0.15) is 0 Å². The molecule has 0 bridgehead atoms. The number of carboxylic acids is 1. The number of carboxylic acid groups (broad SMARTS) is 1. The second-order valence-corrected chi connectivity index (χ2v) is 5.57. The molecule has 118 valence electrons. The van der Waals surface area contributed by atoms with Crippen LogP contribution in [-0.4, -0.2) is 35.2 Å². The summed E-state index contributed by atoms with van der Waals surface area (Å²) in [6.45, 7) is 1.36. The van der Waals surface area contributed by atoms with Gasteiger partial charge in [0.1, 0.15) is 6.61 Å². The van der Waals surface area contributed by atoms with E-state index in [1.54, 1.807) is 23.1 Å². The number of carbonyl (C=O) groups is 2. The first kappa shape index (κ1) is 15.1. The number of nitrogens with zero attached hydrogens (tertiary/aromatic N) is 1. The third kappa shape index (κ3) is 3.51. The fraction of sp³-hybridized carbons (Fsp3) is 0.222. The van der Waals surface area contributed by atoms with E-state index in [-0.39, 0.29) is 24.2 Å². The highest BCUT2D eigenvalue weighted by molar-refractivity contribution is 5.87. The van der Waals surface area contributed by atoms with Gasteiger partial charge in [-0.15, -0.1) is 0 Å². The second-order valence-electron chi connectivity index (χ2n) is 5.57. The van der Waals surface area contributed by atoms with Gasteiger partial charge in [0.2, 0.25) is 0 Å². The Hall–Kier alpha value is -2.82. The van der Waals surface area contributed by atoms with Crippen LogP contribution in [0.3, 0.4) is 0 Å². The molecular weight excluding hydrogens is 294 g/mol. The van der Waals surface area contributed by atoms with Crippen LogP contribution in [-0.2, 0) is 11.3 Å². The Kier molecular flexibility index (Phi) is 4.28. The Labute approximate surface area is 134 Å². The van der Waals surface area contributed by atoms with Gasteiger partial charge in [0.25, 0.3) is 0 Å². The SMILES string of the molecule is O=C(O)c1cccc(C2CN(C(=O)OCc3ccccc3)C2)c1. The third-order valence-corrected chi connectivity index (χ3v) is 3.95. The Morgan fingerprint density at radius 2 is 1.83 bits per heavy atom. The molecule has 5 heteroatoms. The van der Waals surface area contributed by atoms with Crippen molar-refractivity contribution in [2.24, 2.45) is 0 Å². The molecular formula is C18H17NO4. The van der Waals surface area contributed by atoms with Crippen LogP contribution in [0.1, 0.15) is 27.4 Å². The van der Waals surface area contributed by atoms with Gasteiger partial charge in [0.15, 0.2) is 0 Å². The Bertz CT molecular complexity index is 708. The van der Waals surface area contributed by atoms with Gasteiger partial charge in [-0.3, -0.25) is 0 Å². The molecule has 1 aliphatic rings. The molecule has 3 rings (SSSR count). The smallest absolute Gasteiger partial charge is 0.410 e. The van der Waals surface area contributed by atoms with Gasteiger partial charge in [0, 0.05) is 19.0 Å². The third-order valence-electron chi connectivity index (χ3n) is 3.95. The van der Waals surface area contributed by atoms with Crippen LogP contribution in [0.15, 0.2) is 54.6 Å². The molecule has 1 N–H and O–H groups in total. The summed E-state index contributed by atoms with van der Waals surface area (Å²) in [6.07, 6.45) is -0.334. The van der Waals surface area contributed by atoms with E-state index in [1.807, 2.05) is 36.4 Å². The maximum absolute atomic E-state index is 12.0. The van der Waals surface area contributed by atoms with Gasteiger partial charge in [-0.25, -0.2) is 9.59 Å². The van der Waals surface area contributed by atoms with Crippen molar-refractivity contribution < 1.29 is 19.4 Å². The molecule has 0 radical (unpaired) electrons. The zero-order valence-electron chi connectivity index (χ0n) is 12.5. The first-order valence-electron chi connectivity index (χ1n) is 7.42. The number of hydrogen-bond donors (Lipinski definition) is 1. The van der Waals surface area contributed by atoms with Crippen molar-refractivity contribution in [1.29, 1.82) is 0 Å². The first-order chi connectivity index (χ1) is 11.1. The van der Waals surface area contributed by atoms with E-state index in [0.29, 0.717) is 13.1 Å². The summed E-state index contributed by atoms with van der Waals surface area (Å²) in [6, 6.07) is 16.4. The fourth-order valence-corrected chi connectivity index (χ4v) is 2.57. The van der Waals surface area contributed by atoms with Crippen LogP contribution in [0.25, 0.3) is 0 Å². The molecule has 23 heavy (non-hydrogen) atoms. The van der Waals surface area contributed by atoms with Gasteiger partial charge < -0.3 is 14.7 Å². The van der Waals surface area contributed by atoms with E-state index >= 15 is 0 Å². The number of benzene rings is 2. The fourth-order valence-electron chi connectivity index (χ4n) is 2.57. The topological polar surface area (TPSA) is 66.8 Å². The Morgan fingerprint density at radius 1 is 1.09 bits per heavy atom. The van der Waals surface area contributed by atoms with Crippen molar-refractivity contribution in [2.75, 3.05) is 13.1 Å². The lowest BCUT2D eigenvalue weighted by molar-refractivity contribution is 0.0656. The highest BCUT2D eigenvalue weighted by Gasteiger charge is 2.33. The summed E-state index contributed by atoms with van der Waals surface area (Å²) < 4.78 is 5.27. The van der Waals surface area contributed by atoms with Gasteiger partial charge in [0.05, 0.1) is 5.56 Å². The lowest BCUT2D eigenvalue weighted by atomic mass is 9.91. The maximum Gasteiger partial charge on any atom is 0.410 e. The van der Waals surface area contributed by atoms with Crippen LogP contribution in [0.4, 0.5) is 4.79 Å². The van der Waals surface area contributed by atoms with E-state index in [2.05, 4.69) is 0 Å². The summed E-state index contributed by atoms with van der Waals surface area (Å²) in [4.78, 5) is 24.6. The van der Waals surface area contributed by atoms with Crippen LogP contribution >= 0.6 is 0 Å². The molecule has 1 amide bonds. The van der Waals surface area contributed by atoms with Crippen LogP contribution in [0, 0.1) is 0 Å².